The van der Waals surface area contributed by atoms with E-state index in [1.807, 2.05) is 12.1 Å². The van der Waals surface area contributed by atoms with Crippen molar-refractivity contribution < 1.29 is 8.78 Å². The molecule has 35 heavy (non-hydrogen) atoms. The third-order valence-corrected chi connectivity index (χ3v) is 8.14. The van der Waals surface area contributed by atoms with Gasteiger partial charge in [-0.25, -0.2) is 13.8 Å². The van der Waals surface area contributed by atoms with E-state index in [1.165, 1.54) is 29.5 Å². The largest absolute Gasteiger partial charge is 0.358 e. The Morgan fingerprint density at radius 1 is 1.09 bits per heavy atom. The lowest BCUT2D eigenvalue weighted by atomic mass is 9.87. The van der Waals surface area contributed by atoms with E-state index in [2.05, 4.69) is 22.1 Å². The van der Waals surface area contributed by atoms with Gasteiger partial charge in [0, 0.05) is 47.5 Å². The quantitative estimate of drug-likeness (QED) is 0.331. The first-order valence-electron chi connectivity index (χ1n) is 12.2. The number of H-pyrrole nitrogens is 1. The normalized spacial score (nSPS) is 16.1. The summed E-state index contributed by atoms with van der Waals surface area (Å²) in [5, 5.41) is 4.33. The number of thioether (sulfide) groups is 1. The van der Waals surface area contributed by atoms with Crippen LogP contribution in [0.2, 0.25) is 0 Å². The highest BCUT2D eigenvalue weighted by Gasteiger charge is 2.28. The molecule has 8 heteroatoms. The van der Waals surface area contributed by atoms with Gasteiger partial charge >= 0.3 is 0 Å². The second-order valence-corrected chi connectivity index (χ2v) is 10.3. The van der Waals surface area contributed by atoms with E-state index in [0.29, 0.717) is 11.6 Å². The third kappa shape index (κ3) is 4.24. The van der Waals surface area contributed by atoms with E-state index in [1.54, 1.807) is 23.9 Å². The number of aromatic amines is 1. The Balaban J connectivity index is 1.26. The SMILES string of the molecule is CCc1[nH]c2ccc(F)cc2c1C1CCN(c2nc3c(c(Nc4cccc(F)c4)n2)SCC3)CC1. The summed E-state index contributed by atoms with van der Waals surface area (Å²) in [6, 6.07) is 11.5. The molecule has 0 bridgehead atoms. The van der Waals surface area contributed by atoms with Crippen LogP contribution in [0, 0.1) is 11.6 Å². The molecule has 5 nitrogen and oxygen atoms in total. The zero-order valence-corrected chi connectivity index (χ0v) is 20.4. The number of anilines is 3. The minimum absolute atomic E-state index is 0.194. The Kier molecular flexibility index (Phi) is 5.84. The van der Waals surface area contributed by atoms with Crippen molar-refractivity contribution in [2.45, 2.75) is 43.4 Å². The fraction of sp³-hybridized carbons (Fsp3) is 0.333. The molecule has 0 saturated carbocycles. The second kappa shape index (κ2) is 9.15. The Labute approximate surface area is 207 Å². The van der Waals surface area contributed by atoms with Crippen LogP contribution in [-0.2, 0) is 12.8 Å². The van der Waals surface area contributed by atoms with Crippen molar-refractivity contribution in [2.75, 3.05) is 29.1 Å². The maximum absolute atomic E-state index is 14.0. The van der Waals surface area contributed by atoms with Crippen molar-refractivity contribution in [3.63, 3.8) is 0 Å². The number of aryl methyl sites for hydroxylation is 2. The molecular formula is C27H27F2N5S. The highest BCUT2D eigenvalue weighted by Crippen LogP contribution is 2.40. The fourth-order valence-corrected chi connectivity index (χ4v) is 6.39. The molecule has 0 amide bonds. The van der Waals surface area contributed by atoms with Crippen molar-refractivity contribution in [3.05, 3.63) is 71.1 Å². The number of piperidine rings is 1. The molecule has 4 aromatic rings. The van der Waals surface area contributed by atoms with Gasteiger partial charge in [0.05, 0.1) is 10.6 Å². The highest BCUT2D eigenvalue weighted by atomic mass is 32.2. The Morgan fingerprint density at radius 3 is 2.71 bits per heavy atom. The van der Waals surface area contributed by atoms with Gasteiger partial charge in [-0.1, -0.05) is 13.0 Å². The van der Waals surface area contributed by atoms with Gasteiger partial charge in [-0.3, -0.25) is 0 Å². The number of rotatable bonds is 5. The summed E-state index contributed by atoms with van der Waals surface area (Å²) >= 11 is 1.74. The molecule has 2 aromatic carbocycles. The summed E-state index contributed by atoms with van der Waals surface area (Å²) in [5.41, 5.74) is 5.22. The summed E-state index contributed by atoms with van der Waals surface area (Å²) < 4.78 is 27.8. The van der Waals surface area contributed by atoms with Crippen LogP contribution in [0.4, 0.5) is 26.2 Å². The first-order valence-corrected chi connectivity index (χ1v) is 13.2. The number of nitrogens with zero attached hydrogens (tertiary/aromatic N) is 3. The van der Waals surface area contributed by atoms with Crippen molar-refractivity contribution >= 4 is 40.1 Å². The van der Waals surface area contributed by atoms with E-state index in [9.17, 15) is 8.78 Å². The number of benzene rings is 2. The van der Waals surface area contributed by atoms with Crippen LogP contribution in [0.25, 0.3) is 10.9 Å². The molecule has 2 aliphatic rings. The van der Waals surface area contributed by atoms with E-state index in [-0.39, 0.29) is 11.6 Å². The van der Waals surface area contributed by atoms with Gasteiger partial charge in [0.25, 0.3) is 0 Å². The minimum atomic E-state index is -0.278. The van der Waals surface area contributed by atoms with Gasteiger partial charge in [0.15, 0.2) is 0 Å². The number of aromatic nitrogens is 3. The molecule has 2 N–H and O–H groups in total. The van der Waals surface area contributed by atoms with E-state index >= 15 is 0 Å². The molecule has 0 spiro atoms. The van der Waals surface area contributed by atoms with Crippen molar-refractivity contribution in [3.8, 4) is 0 Å². The van der Waals surface area contributed by atoms with Crippen molar-refractivity contribution in [2.24, 2.45) is 0 Å². The standard InChI is InChI=1S/C27H27F2N5S/c1-2-21-24(20-15-18(29)6-7-22(20)31-21)16-8-11-34(12-9-16)27-32-23-10-13-35-25(23)26(33-27)30-19-5-3-4-17(28)14-19/h3-7,14-16,31H,2,8-13H2,1H3,(H,30,32,33). The predicted molar refractivity (Wildman–Crippen MR) is 138 cm³/mol. The van der Waals surface area contributed by atoms with Gasteiger partial charge in [-0.05, 0) is 67.1 Å². The van der Waals surface area contributed by atoms with Crippen LogP contribution in [0.1, 0.15) is 42.6 Å². The average molecular weight is 492 g/mol. The maximum Gasteiger partial charge on any atom is 0.227 e. The molecule has 1 fully saturated rings. The first kappa shape index (κ1) is 22.3. The van der Waals surface area contributed by atoms with E-state index < -0.39 is 0 Å². The van der Waals surface area contributed by atoms with Gasteiger partial charge < -0.3 is 15.2 Å². The lowest BCUT2D eigenvalue weighted by Crippen LogP contribution is -2.34. The highest BCUT2D eigenvalue weighted by molar-refractivity contribution is 7.99. The summed E-state index contributed by atoms with van der Waals surface area (Å²) in [4.78, 5) is 16.6. The van der Waals surface area contributed by atoms with Crippen LogP contribution in [0.3, 0.4) is 0 Å². The van der Waals surface area contributed by atoms with Gasteiger partial charge in [0.1, 0.15) is 17.5 Å². The number of nitrogens with one attached hydrogen (secondary N) is 2. The topological polar surface area (TPSA) is 56.8 Å². The lowest BCUT2D eigenvalue weighted by molar-refractivity contribution is 0.498. The zero-order chi connectivity index (χ0) is 23.9. The molecule has 2 aromatic heterocycles. The van der Waals surface area contributed by atoms with Crippen LogP contribution in [0.15, 0.2) is 47.4 Å². The number of hydrogen-bond donors (Lipinski definition) is 2. The van der Waals surface area contributed by atoms with Crippen LogP contribution in [-0.4, -0.2) is 33.8 Å². The van der Waals surface area contributed by atoms with Gasteiger partial charge in [-0.15, -0.1) is 11.8 Å². The molecule has 0 radical (unpaired) electrons. The first-order chi connectivity index (χ1) is 17.1. The van der Waals surface area contributed by atoms with Crippen LogP contribution in [0.5, 0.6) is 0 Å². The molecule has 2 aliphatic heterocycles. The molecule has 0 aliphatic carbocycles. The fourth-order valence-electron chi connectivity index (χ4n) is 5.34. The molecule has 4 heterocycles. The Bertz CT molecular complexity index is 1390. The Hall–Kier alpha value is -3.13. The van der Waals surface area contributed by atoms with Crippen molar-refractivity contribution in [1.82, 2.24) is 15.0 Å². The second-order valence-electron chi connectivity index (χ2n) is 9.20. The van der Waals surface area contributed by atoms with E-state index in [0.717, 1.165) is 77.8 Å². The molecule has 180 valence electrons. The summed E-state index contributed by atoms with van der Waals surface area (Å²) in [6.45, 7) is 3.81. The molecule has 1 saturated heterocycles. The molecule has 0 atom stereocenters. The number of hydrogen-bond acceptors (Lipinski definition) is 5. The summed E-state index contributed by atoms with van der Waals surface area (Å²) in [7, 11) is 0. The Morgan fingerprint density at radius 2 is 1.91 bits per heavy atom. The summed E-state index contributed by atoms with van der Waals surface area (Å²) in [5.74, 6) is 2.35. The molecule has 0 unspecified atom stereocenters. The van der Waals surface area contributed by atoms with Crippen LogP contribution >= 0.6 is 11.8 Å². The van der Waals surface area contributed by atoms with Gasteiger partial charge in [0.2, 0.25) is 5.95 Å². The summed E-state index contributed by atoms with van der Waals surface area (Å²) in [6.07, 6.45) is 3.72. The third-order valence-electron chi connectivity index (χ3n) is 7.02. The average Bonchev–Trinajstić information content (AvgIpc) is 3.48. The predicted octanol–water partition coefficient (Wildman–Crippen LogP) is 6.57. The minimum Gasteiger partial charge on any atom is -0.358 e. The maximum atomic E-state index is 14.0. The van der Waals surface area contributed by atoms with Gasteiger partial charge in [-0.2, -0.15) is 4.98 Å². The lowest BCUT2D eigenvalue weighted by Gasteiger charge is -2.33. The zero-order valence-electron chi connectivity index (χ0n) is 19.6. The van der Waals surface area contributed by atoms with Crippen LogP contribution < -0.4 is 10.2 Å². The monoisotopic (exact) mass is 491 g/mol. The number of halogens is 2. The van der Waals surface area contributed by atoms with Crippen molar-refractivity contribution in [1.29, 1.82) is 0 Å². The smallest absolute Gasteiger partial charge is 0.227 e. The molecular weight excluding hydrogens is 464 g/mol. The van der Waals surface area contributed by atoms with E-state index in [4.69, 9.17) is 9.97 Å². The molecule has 6 rings (SSSR count). The number of fused-ring (bicyclic) bond motifs is 2.